The third kappa shape index (κ3) is 3.58. The van der Waals surface area contributed by atoms with Crippen molar-refractivity contribution in [2.45, 2.75) is 32.9 Å². The highest BCUT2D eigenvalue weighted by Crippen LogP contribution is 2.23. The summed E-state index contributed by atoms with van der Waals surface area (Å²) in [6, 6.07) is 9.79. The Morgan fingerprint density at radius 2 is 2.08 bits per heavy atom. The standard InChI is InChI=1S/C19H21N3O3/c1-2-23-16-7-5-14(6-8-16)19-20-18(25-21-19)13-22-10-3-4-17-15(12-22)9-11-24-17/h5-9,11H,2-4,10,12-13H2,1H3. The van der Waals surface area contributed by atoms with Gasteiger partial charge in [0.05, 0.1) is 19.4 Å². The van der Waals surface area contributed by atoms with Crippen molar-refractivity contribution in [2.24, 2.45) is 0 Å². The van der Waals surface area contributed by atoms with E-state index >= 15 is 0 Å². The van der Waals surface area contributed by atoms with Gasteiger partial charge in [0.2, 0.25) is 11.7 Å². The van der Waals surface area contributed by atoms with Crippen LogP contribution in [0.5, 0.6) is 5.75 Å². The lowest BCUT2D eigenvalue weighted by atomic mass is 10.2. The van der Waals surface area contributed by atoms with E-state index in [1.54, 1.807) is 6.26 Å². The van der Waals surface area contributed by atoms with E-state index in [9.17, 15) is 0 Å². The average molecular weight is 339 g/mol. The van der Waals surface area contributed by atoms with E-state index in [-0.39, 0.29) is 0 Å². The Bertz CT molecular complexity index is 823. The van der Waals surface area contributed by atoms with E-state index in [1.165, 1.54) is 5.56 Å². The van der Waals surface area contributed by atoms with Crippen LogP contribution in [0.2, 0.25) is 0 Å². The molecule has 1 aliphatic rings. The molecule has 6 nitrogen and oxygen atoms in total. The molecule has 0 unspecified atom stereocenters. The molecule has 1 aromatic carbocycles. The monoisotopic (exact) mass is 339 g/mol. The minimum absolute atomic E-state index is 0.608. The molecule has 6 heteroatoms. The normalized spacial score (nSPS) is 14.9. The summed E-state index contributed by atoms with van der Waals surface area (Å²) in [6.07, 6.45) is 3.82. The summed E-state index contributed by atoms with van der Waals surface area (Å²) in [6.45, 7) is 5.11. The molecule has 0 saturated heterocycles. The average Bonchev–Trinajstić information content (AvgIpc) is 3.22. The van der Waals surface area contributed by atoms with Crippen molar-refractivity contribution in [1.29, 1.82) is 0 Å². The van der Waals surface area contributed by atoms with E-state index in [4.69, 9.17) is 13.7 Å². The number of hydrogen-bond acceptors (Lipinski definition) is 6. The van der Waals surface area contributed by atoms with Gasteiger partial charge in [-0.2, -0.15) is 4.98 Å². The summed E-state index contributed by atoms with van der Waals surface area (Å²) in [5.41, 5.74) is 2.18. The Balaban J connectivity index is 1.44. The number of furan rings is 1. The molecule has 0 amide bonds. The quantitative estimate of drug-likeness (QED) is 0.706. The van der Waals surface area contributed by atoms with Crippen molar-refractivity contribution in [3.8, 4) is 17.1 Å². The van der Waals surface area contributed by atoms with Gasteiger partial charge >= 0.3 is 0 Å². The van der Waals surface area contributed by atoms with Crippen LogP contribution in [-0.4, -0.2) is 28.2 Å². The fourth-order valence-corrected chi connectivity index (χ4v) is 3.14. The molecule has 3 heterocycles. The number of aromatic nitrogens is 2. The maximum absolute atomic E-state index is 5.54. The summed E-state index contributed by atoms with van der Waals surface area (Å²) in [7, 11) is 0. The van der Waals surface area contributed by atoms with E-state index < -0.39 is 0 Å². The van der Waals surface area contributed by atoms with E-state index in [2.05, 4.69) is 15.0 Å². The molecule has 0 spiro atoms. The molecule has 4 rings (SSSR count). The number of nitrogens with zero attached hydrogens (tertiary/aromatic N) is 3. The van der Waals surface area contributed by atoms with Gasteiger partial charge in [-0.1, -0.05) is 5.16 Å². The van der Waals surface area contributed by atoms with Crippen molar-refractivity contribution >= 4 is 0 Å². The molecular formula is C19H21N3O3. The van der Waals surface area contributed by atoms with E-state index in [1.807, 2.05) is 37.3 Å². The zero-order valence-electron chi connectivity index (χ0n) is 14.3. The largest absolute Gasteiger partial charge is 0.494 e. The van der Waals surface area contributed by atoms with Crippen LogP contribution in [0, 0.1) is 0 Å². The van der Waals surface area contributed by atoms with Crippen LogP contribution in [0.1, 0.15) is 30.6 Å². The van der Waals surface area contributed by atoms with Crippen LogP contribution in [-0.2, 0) is 19.5 Å². The first-order chi connectivity index (χ1) is 12.3. The van der Waals surface area contributed by atoms with Crippen LogP contribution in [0.3, 0.4) is 0 Å². The maximum Gasteiger partial charge on any atom is 0.241 e. The summed E-state index contributed by atoms with van der Waals surface area (Å²) in [5.74, 6) is 3.19. The second-order valence-corrected chi connectivity index (χ2v) is 6.15. The number of benzene rings is 1. The van der Waals surface area contributed by atoms with Crippen LogP contribution < -0.4 is 4.74 Å². The molecule has 0 aliphatic carbocycles. The highest BCUT2D eigenvalue weighted by atomic mass is 16.5. The number of fused-ring (bicyclic) bond motifs is 1. The lowest BCUT2D eigenvalue weighted by Gasteiger charge is -2.16. The first kappa shape index (κ1) is 15.9. The zero-order valence-corrected chi connectivity index (χ0v) is 14.3. The van der Waals surface area contributed by atoms with Gasteiger partial charge in [-0.15, -0.1) is 0 Å². The predicted octanol–water partition coefficient (Wildman–Crippen LogP) is 3.68. The lowest BCUT2D eigenvalue weighted by Crippen LogP contribution is -2.22. The van der Waals surface area contributed by atoms with Crippen molar-refractivity contribution in [1.82, 2.24) is 15.0 Å². The summed E-state index contributed by atoms with van der Waals surface area (Å²) < 4.78 is 16.4. The third-order valence-electron chi connectivity index (χ3n) is 4.36. The Morgan fingerprint density at radius 1 is 1.20 bits per heavy atom. The molecular weight excluding hydrogens is 318 g/mol. The van der Waals surface area contributed by atoms with Crippen LogP contribution in [0.25, 0.3) is 11.4 Å². The topological polar surface area (TPSA) is 64.5 Å². The van der Waals surface area contributed by atoms with Gasteiger partial charge in [-0.25, -0.2) is 0 Å². The van der Waals surface area contributed by atoms with Crippen molar-refractivity contribution < 1.29 is 13.7 Å². The lowest BCUT2D eigenvalue weighted by molar-refractivity contribution is 0.222. The second-order valence-electron chi connectivity index (χ2n) is 6.15. The number of aryl methyl sites for hydroxylation is 1. The first-order valence-electron chi connectivity index (χ1n) is 8.65. The fraction of sp³-hybridized carbons (Fsp3) is 0.368. The fourth-order valence-electron chi connectivity index (χ4n) is 3.14. The van der Waals surface area contributed by atoms with Gasteiger partial charge in [0.15, 0.2) is 0 Å². The smallest absolute Gasteiger partial charge is 0.241 e. The second kappa shape index (κ2) is 7.11. The molecule has 0 fully saturated rings. The highest BCUT2D eigenvalue weighted by Gasteiger charge is 2.19. The molecule has 2 aromatic heterocycles. The molecule has 3 aromatic rings. The Labute approximate surface area is 146 Å². The van der Waals surface area contributed by atoms with Gasteiger partial charge in [0, 0.05) is 24.1 Å². The minimum Gasteiger partial charge on any atom is -0.494 e. The van der Waals surface area contributed by atoms with Gasteiger partial charge < -0.3 is 13.7 Å². The molecule has 25 heavy (non-hydrogen) atoms. The predicted molar refractivity (Wildman–Crippen MR) is 92.0 cm³/mol. The minimum atomic E-state index is 0.608. The Kier molecular flexibility index (Phi) is 4.52. The van der Waals surface area contributed by atoms with Crippen LogP contribution in [0.4, 0.5) is 0 Å². The van der Waals surface area contributed by atoms with Crippen LogP contribution in [0.15, 0.2) is 45.5 Å². The van der Waals surface area contributed by atoms with Gasteiger partial charge in [0.25, 0.3) is 0 Å². The molecule has 0 radical (unpaired) electrons. The molecule has 130 valence electrons. The SMILES string of the molecule is CCOc1ccc(-c2noc(CN3CCCc4occc4C3)n2)cc1. The summed E-state index contributed by atoms with van der Waals surface area (Å²) in [4.78, 5) is 6.86. The Morgan fingerprint density at radius 3 is 2.92 bits per heavy atom. The number of hydrogen-bond donors (Lipinski definition) is 0. The summed E-state index contributed by atoms with van der Waals surface area (Å²) >= 11 is 0. The maximum atomic E-state index is 5.54. The molecule has 0 N–H and O–H groups in total. The Hall–Kier alpha value is -2.60. The van der Waals surface area contributed by atoms with Gasteiger partial charge in [0.1, 0.15) is 11.5 Å². The van der Waals surface area contributed by atoms with Crippen molar-refractivity contribution in [3.05, 3.63) is 53.8 Å². The van der Waals surface area contributed by atoms with Crippen molar-refractivity contribution in [3.63, 3.8) is 0 Å². The molecule has 0 atom stereocenters. The molecule has 1 aliphatic heterocycles. The number of ether oxygens (including phenoxy) is 1. The van der Waals surface area contributed by atoms with E-state index in [0.29, 0.717) is 24.9 Å². The van der Waals surface area contributed by atoms with Crippen LogP contribution >= 0.6 is 0 Å². The summed E-state index contributed by atoms with van der Waals surface area (Å²) in [5, 5.41) is 4.11. The van der Waals surface area contributed by atoms with E-state index in [0.717, 1.165) is 43.0 Å². The number of rotatable bonds is 5. The molecule has 0 bridgehead atoms. The zero-order chi connectivity index (χ0) is 17.1. The van der Waals surface area contributed by atoms with Gasteiger partial charge in [-0.3, -0.25) is 4.90 Å². The van der Waals surface area contributed by atoms with Crippen molar-refractivity contribution in [2.75, 3.05) is 13.2 Å². The molecule has 0 saturated carbocycles. The first-order valence-corrected chi connectivity index (χ1v) is 8.65. The third-order valence-corrected chi connectivity index (χ3v) is 4.36. The van der Waals surface area contributed by atoms with Gasteiger partial charge in [-0.05, 0) is 50.2 Å². The highest BCUT2D eigenvalue weighted by molar-refractivity contribution is 5.55.